The molecule has 18 heavy (non-hydrogen) atoms. The van der Waals surface area contributed by atoms with E-state index in [0.717, 1.165) is 0 Å². The van der Waals surface area contributed by atoms with Crippen molar-refractivity contribution in [3.05, 3.63) is 0 Å². The summed E-state index contributed by atoms with van der Waals surface area (Å²) in [5, 5.41) is 2.61. The van der Waals surface area contributed by atoms with E-state index in [1.807, 2.05) is 0 Å². The van der Waals surface area contributed by atoms with Gasteiger partial charge in [0.15, 0.2) is 9.84 Å². The van der Waals surface area contributed by atoms with E-state index in [0.29, 0.717) is 0 Å². The molecule has 0 heterocycles. The summed E-state index contributed by atoms with van der Waals surface area (Å²) in [5.74, 6) is -2.14. The maximum Gasteiger partial charge on any atom is 0.309 e. The molecular weight excluding hydrogens is 258 g/mol. The zero-order valence-electron chi connectivity index (χ0n) is 11.2. The number of carbonyl (C=O) groups excluding carboxylic acids is 2. The first-order valence-electron chi connectivity index (χ1n) is 5.75. The van der Waals surface area contributed by atoms with Crippen LogP contribution in [0.25, 0.3) is 0 Å². The summed E-state index contributed by atoms with van der Waals surface area (Å²) >= 11 is 0. The Balaban J connectivity index is 4.24. The van der Waals surface area contributed by atoms with Gasteiger partial charge in [-0.3, -0.25) is 9.59 Å². The average Bonchev–Trinajstić information content (AvgIpc) is 2.24. The minimum absolute atomic E-state index is 0.0193. The molecule has 0 aliphatic heterocycles. The molecule has 0 radical (unpaired) electrons. The minimum Gasteiger partial charge on any atom is -0.469 e. The molecule has 1 N–H and O–H groups in total. The number of esters is 1. The van der Waals surface area contributed by atoms with Crippen molar-refractivity contribution in [2.24, 2.45) is 5.92 Å². The Bertz CT molecular complexity index is 388. The molecule has 0 bridgehead atoms. The van der Waals surface area contributed by atoms with E-state index in [2.05, 4.69) is 10.1 Å². The van der Waals surface area contributed by atoms with Gasteiger partial charge < -0.3 is 10.1 Å². The van der Waals surface area contributed by atoms with Crippen molar-refractivity contribution in [3.8, 4) is 0 Å². The fourth-order valence-corrected chi connectivity index (χ4v) is 2.94. The van der Waals surface area contributed by atoms with Gasteiger partial charge in [-0.2, -0.15) is 0 Å². The van der Waals surface area contributed by atoms with Crippen LogP contribution < -0.4 is 5.32 Å². The Morgan fingerprint density at radius 2 is 1.78 bits per heavy atom. The molecule has 1 unspecified atom stereocenters. The van der Waals surface area contributed by atoms with Crippen molar-refractivity contribution in [3.63, 3.8) is 0 Å². The molecule has 0 rings (SSSR count). The molecule has 0 aromatic carbocycles. The van der Waals surface area contributed by atoms with E-state index < -0.39 is 21.7 Å². The second-order valence-corrected chi connectivity index (χ2v) is 6.74. The topological polar surface area (TPSA) is 89.5 Å². The number of methoxy groups -OCH3 is 1. The summed E-state index contributed by atoms with van der Waals surface area (Å²) in [4.78, 5) is 22.4. The normalized spacial score (nSPS) is 13.2. The highest BCUT2D eigenvalue weighted by molar-refractivity contribution is 7.91. The summed E-state index contributed by atoms with van der Waals surface area (Å²) in [6, 6.07) is -0.0193. The van der Waals surface area contributed by atoms with Gasteiger partial charge in [-0.1, -0.05) is 6.92 Å². The van der Waals surface area contributed by atoms with Crippen LogP contribution in [0.15, 0.2) is 0 Å². The number of amides is 1. The minimum atomic E-state index is -3.43. The highest BCUT2D eigenvalue weighted by atomic mass is 32.2. The lowest BCUT2D eigenvalue weighted by Gasteiger charge is -2.11. The van der Waals surface area contributed by atoms with E-state index in [9.17, 15) is 18.0 Å². The lowest BCUT2D eigenvalue weighted by Crippen LogP contribution is -2.32. The third-order valence-electron chi connectivity index (χ3n) is 2.20. The number of hydrogen-bond donors (Lipinski definition) is 1. The maximum absolute atomic E-state index is 11.7. The van der Waals surface area contributed by atoms with E-state index in [4.69, 9.17) is 0 Å². The van der Waals surface area contributed by atoms with Crippen LogP contribution in [0, 0.1) is 5.92 Å². The standard InChI is InChI=1S/C11H21NO5S/c1-8(2)12-10(13)5-6-18(15,16)7-9(3)11(14)17-4/h8-9H,5-7H2,1-4H3,(H,12,13). The molecule has 0 aromatic rings. The van der Waals surface area contributed by atoms with Gasteiger partial charge in [-0.05, 0) is 13.8 Å². The molecule has 6 nitrogen and oxygen atoms in total. The highest BCUT2D eigenvalue weighted by Crippen LogP contribution is 2.05. The quantitative estimate of drug-likeness (QED) is 0.669. The molecule has 1 amide bonds. The lowest BCUT2D eigenvalue weighted by atomic mass is 10.2. The summed E-state index contributed by atoms with van der Waals surface area (Å²) in [6.45, 7) is 5.08. The molecular formula is C11H21NO5S. The van der Waals surface area contributed by atoms with Gasteiger partial charge in [-0.25, -0.2) is 8.42 Å². The third-order valence-corrected chi connectivity index (χ3v) is 4.03. The predicted octanol–water partition coefficient (Wildman–Crippen LogP) is 0.125. The van der Waals surface area contributed by atoms with Gasteiger partial charge in [0.05, 0.1) is 24.5 Å². The van der Waals surface area contributed by atoms with Crippen LogP contribution in [0.1, 0.15) is 27.2 Å². The summed E-state index contributed by atoms with van der Waals surface area (Å²) < 4.78 is 27.8. The number of ether oxygens (including phenoxy) is 1. The van der Waals surface area contributed by atoms with Gasteiger partial charge in [0, 0.05) is 12.5 Å². The van der Waals surface area contributed by atoms with Gasteiger partial charge >= 0.3 is 5.97 Å². The Morgan fingerprint density at radius 1 is 1.22 bits per heavy atom. The first-order valence-corrected chi connectivity index (χ1v) is 7.57. The first kappa shape index (κ1) is 16.9. The Morgan fingerprint density at radius 3 is 2.22 bits per heavy atom. The summed E-state index contributed by atoms with van der Waals surface area (Å²) in [6.07, 6.45) is -0.0889. The van der Waals surface area contributed by atoms with E-state index in [1.165, 1.54) is 14.0 Å². The van der Waals surface area contributed by atoms with Crippen LogP contribution in [0.2, 0.25) is 0 Å². The smallest absolute Gasteiger partial charge is 0.309 e. The zero-order chi connectivity index (χ0) is 14.3. The van der Waals surface area contributed by atoms with Gasteiger partial charge in [0.2, 0.25) is 5.91 Å². The molecule has 0 aliphatic rings. The molecule has 0 saturated carbocycles. The number of rotatable bonds is 7. The highest BCUT2D eigenvalue weighted by Gasteiger charge is 2.22. The number of nitrogens with one attached hydrogen (secondary N) is 1. The number of sulfone groups is 1. The second kappa shape index (κ2) is 7.35. The zero-order valence-corrected chi connectivity index (χ0v) is 12.0. The maximum atomic E-state index is 11.7. The monoisotopic (exact) mass is 279 g/mol. The van der Waals surface area contributed by atoms with Crippen LogP contribution in [-0.2, 0) is 24.2 Å². The van der Waals surface area contributed by atoms with Crippen LogP contribution in [-0.4, -0.2) is 45.0 Å². The Labute approximate surface area is 108 Å². The van der Waals surface area contributed by atoms with Crippen LogP contribution >= 0.6 is 0 Å². The molecule has 106 valence electrons. The van der Waals surface area contributed by atoms with Crippen molar-refractivity contribution < 1.29 is 22.7 Å². The molecule has 0 fully saturated rings. The fraction of sp³-hybridized carbons (Fsp3) is 0.818. The Kier molecular flexibility index (Phi) is 6.90. The molecule has 0 aliphatic carbocycles. The molecule has 7 heteroatoms. The first-order chi connectivity index (χ1) is 8.18. The lowest BCUT2D eigenvalue weighted by molar-refractivity contribution is -0.144. The summed E-state index contributed by atoms with van der Waals surface area (Å²) in [7, 11) is -2.22. The van der Waals surface area contributed by atoms with Crippen molar-refractivity contribution in [2.45, 2.75) is 33.2 Å². The van der Waals surface area contributed by atoms with Crippen molar-refractivity contribution in [1.82, 2.24) is 5.32 Å². The molecule has 1 atom stereocenters. The molecule has 0 saturated heterocycles. The van der Waals surface area contributed by atoms with E-state index >= 15 is 0 Å². The second-order valence-electron chi connectivity index (χ2n) is 4.51. The number of hydrogen-bond acceptors (Lipinski definition) is 5. The average molecular weight is 279 g/mol. The largest absolute Gasteiger partial charge is 0.469 e. The van der Waals surface area contributed by atoms with Crippen molar-refractivity contribution >= 4 is 21.7 Å². The fourth-order valence-electron chi connectivity index (χ4n) is 1.38. The Hall–Kier alpha value is -1.11. The van der Waals surface area contributed by atoms with Crippen LogP contribution in [0.3, 0.4) is 0 Å². The van der Waals surface area contributed by atoms with Crippen molar-refractivity contribution in [1.29, 1.82) is 0 Å². The van der Waals surface area contributed by atoms with Crippen LogP contribution in [0.4, 0.5) is 0 Å². The predicted molar refractivity (Wildman–Crippen MR) is 67.7 cm³/mol. The van der Waals surface area contributed by atoms with Gasteiger partial charge in [0.25, 0.3) is 0 Å². The summed E-state index contributed by atoms with van der Waals surface area (Å²) in [5.41, 5.74) is 0. The van der Waals surface area contributed by atoms with E-state index in [-0.39, 0.29) is 29.9 Å². The van der Waals surface area contributed by atoms with Crippen molar-refractivity contribution in [2.75, 3.05) is 18.6 Å². The number of carbonyl (C=O) groups is 2. The molecule has 0 aromatic heterocycles. The van der Waals surface area contributed by atoms with Gasteiger partial charge in [0.1, 0.15) is 0 Å². The van der Waals surface area contributed by atoms with E-state index in [1.54, 1.807) is 13.8 Å². The third kappa shape index (κ3) is 7.26. The SMILES string of the molecule is COC(=O)C(C)CS(=O)(=O)CCC(=O)NC(C)C. The van der Waals surface area contributed by atoms with Gasteiger partial charge in [-0.15, -0.1) is 0 Å². The van der Waals surface area contributed by atoms with Crippen LogP contribution in [0.5, 0.6) is 0 Å². The molecule has 0 spiro atoms.